The van der Waals surface area contributed by atoms with Crippen LogP contribution in [-0.4, -0.2) is 35.8 Å². The summed E-state index contributed by atoms with van der Waals surface area (Å²) >= 11 is 0. The molecule has 3 heterocycles. The van der Waals surface area contributed by atoms with Crippen molar-refractivity contribution in [2.75, 3.05) is 5.73 Å². The molecule has 9 rings (SSSR count). The minimum absolute atomic E-state index is 0.0694. The van der Waals surface area contributed by atoms with Crippen molar-refractivity contribution in [3.8, 4) is 33.8 Å². The predicted octanol–water partition coefficient (Wildman–Crippen LogP) is 9.75. The number of carbonyl (C=O) groups is 1. The highest BCUT2D eigenvalue weighted by molar-refractivity contribution is 5.99. The Labute approximate surface area is 317 Å². The summed E-state index contributed by atoms with van der Waals surface area (Å²) in [5, 5.41) is 15.8. The molecular weight excluding hydrogens is 681 g/mol. The minimum Gasteiger partial charge on any atom is -0.481 e. The molecule has 0 unspecified atom stereocenters. The SMILES string of the molecule is Nc1cncc(-c2ccc3c(c2)c(-c2nc4c(-c5cccc(CCC(=O)O)c5)cccc4[nH]2)nn3C(c2ccccc2)(c2ccccc2)c2ccccc2)c1. The predicted molar refractivity (Wildman–Crippen MR) is 218 cm³/mol. The number of nitrogens with one attached hydrogen (secondary N) is 1. The fourth-order valence-electron chi connectivity index (χ4n) is 7.77. The molecule has 0 saturated carbocycles. The molecule has 8 nitrogen and oxygen atoms in total. The van der Waals surface area contributed by atoms with Gasteiger partial charge in [0.1, 0.15) is 11.2 Å². The molecule has 0 saturated heterocycles. The van der Waals surface area contributed by atoms with Crippen LogP contribution in [0.5, 0.6) is 0 Å². The third kappa shape index (κ3) is 5.99. The Balaban J connectivity index is 1.32. The molecule has 0 amide bonds. The summed E-state index contributed by atoms with van der Waals surface area (Å²) in [5.41, 5.74) is 17.1. The van der Waals surface area contributed by atoms with Gasteiger partial charge in [0.25, 0.3) is 0 Å². The van der Waals surface area contributed by atoms with Gasteiger partial charge in [-0.05, 0) is 64.1 Å². The molecule has 0 spiro atoms. The van der Waals surface area contributed by atoms with E-state index in [2.05, 4.69) is 118 Å². The first kappa shape index (κ1) is 33.5. The molecule has 3 aromatic heterocycles. The third-order valence-electron chi connectivity index (χ3n) is 10.3. The van der Waals surface area contributed by atoms with Crippen LogP contribution in [-0.2, 0) is 16.8 Å². The lowest BCUT2D eigenvalue weighted by Gasteiger charge is -2.37. The molecule has 0 bridgehead atoms. The fraction of sp³-hybridized carbons (Fsp3) is 0.0638. The van der Waals surface area contributed by atoms with Crippen molar-refractivity contribution >= 4 is 33.6 Å². The van der Waals surface area contributed by atoms with E-state index in [0.29, 0.717) is 23.6 Å². The second-order valence-electron chi connectivity index (χ2n) is 13.7. The lowest BCUT2D eigenvalue weighted by molar-refractivity contribution is -0.136. The van der Waals surface area contributed by atoms with E-state index < -0.39 is 11.5 Å². The second kappa shape index (κ2) is 13.9. The Hall–Kier alpha value is -7.32. The number of nitrogens with zero attached hydrogens (tertiary/aromatic N) is 4. The van der Waals surface area contributed by atoms with Gasteiger partial charge in [-0.2, -0.15) is 5.10 Å². The summed E-state index contributed by atoms with van der Waals surface area (Å²) in [6, 6.07) is 54.0. The van der Waals surface area contributed by atoms with Gasteiger partial charge < -0.3 is 15.8 Å². The number of benzene rings is 6. The van der Waals surface area contributed by atoms with Crippen LogP contribution < -0.4 is 5.73 Å². The number of aryl methyl sites for hydroxylation is 1. The number of imidazole rings is 1. The summed E-state index contributed by atoms with van der Waals surface area (Å²) in [4.78, 5) is 24.6. The first-order valence-corrected chi connectivity index (χ1v) is 18.2. The van der Waals surface area contributed by atoms with Gasteiger partial charge in [-0.25, -0.2) is 9.67 Å². The maximum absolute atomic E-state index is 11.3. The number of nitrogens with two attached hydrogens (primary N) is 1. The van der Waals surface area contributed by atoms with E-state index in [1.54, 1.807) is 6.20 Å². The third-order valence-corrected chi connectivity index (χ3v) is 10.3. The number of H-pyrrole nitrogens is 1. The van der Waals surface area contributed by atoms with E-state index in [4.69, 9.17) is 15.8 Å². The number of pyridine rings is 1. The fourth-order valence-corrected chi connectivity index (χ4v) is 7.77. The molecule has 6 aromatic carbocycles. The number of anilines is 1. The van der Waals surface area contributed by atoms with E-state index in [1.807, 2.05) is 60.8 Å². The van der Waals surface area contributed by atoms with Crippen LogP contribution in [0.1, 0.15) is 28.7 Å². The normalized spacial score (nSPS) is 11.6. The van der Waals surface area contributed by atoms with Crippen molar-refractivity contribution in [1.82, 2.24) is 24.7 Å². The molecule has 0 atom stereocenters. The smallest absolute Gasteiger partial charge is 0.303 e. The zero-order valence-electron chi connectivity index (χ0n) is 29.8. The van der Waals surface area contributed by atoms with E-state index in [9.17, 15) is 9.90 Å². The van der Waals surface area contributed by atoms with Gasteiger partial charge in [-0.15, -0.1) is 0 Å². The topological polar surface area (TPSA) is 123 Å². The van der Waals surface area contributed by atoms with Crippen LogP contribution in [0.15, 0.2) is 170 Å². The molecule has 55 heavy (non-hydrogen) atoms. The summed E-state index contributed by atoms with van der Waals surface area (Å²) < 4.78 is 2.15. The van der Waals surface area contributed by atoms with E-state index in [0.717, 1.165) is 66.4 Å². The monoisotopic (exact) mass is 716 g/mol. The minimum atomic E-state index is -0.867. The summed E-state index contributed by atoms with van der Waals surface area (Å²) in [6.07, 6.45) is 3.99. The Bertz CT molecular complexity index is 2710. The summed E-state index contributed by atoms with van der Waals surface area (Å²) in [7, 11) is 0. The lowest BCUT2D eigenvalue weighted by atomic mass is 9.77. The largest absolute Gasteiger partial charge is 0.481 e. The zero-order chi connectivity index (χ0) is 37.4. The van der Waals surface area contributed by atoms with Gasteiger partial charge in [-0.1, -0.05) is 133 Å². The Morgan fingerprint density at radius 1 is 0.691 bits per heavy atom. The molecule has 0 radical (unpaired) electrons. The molecule has 9 aromatic rings. The number of carboxylic acids is 1. The van der Waals surface area contributed by atoms with Crippen molar-refractivity contribution in [2.24, 2.45) is 0 Å². The van der Waals surface area contributed by atoms with Crippen molar-refractivity contribution in [1.29, 1.82) is 0 Å². The summed E-state index contributed by atoms with van der Waals surface area (Å²) in [5.74, 6) is -0.193. The second-order valence-corrected chi connectivity index (χ2v) is 13.7. The first-order valence-electron chi connectivity index (χ1n) is 18.2. The maximum Gasteiger partial charge on any atom is 0.303 e. The highest BCUT2D eigenvalue weighted by atomic mass is 16.4. The quantitative estimate of drug-likeness (QED) is 0.121. The molecule has 266 valence electrons. The van der Waals surface area contributed by atoms with Crippen LogP contribution in [0.4, 0.5) is 5.69 Å². The van der Waals surface area contributed by atoms with E-state index >= 15 is 0 Å². The number of nitrogen functional groups attached to an aromatic ring is 1. The number of aliphatic carboxylic acids is 1. The average Bonchev–Trinajstić information content (AvgIpc) is 3.84. The molecule has 0 aliphatic carbocycles. The van der Waals surface area contributed by atoms with Gasteiger partial charge in [0.2, 0.25) is 0 Å². The van der Waals surface area contributed by atoms with E-state index in [-0.39, 0.29) is 6.42 Å². The highest BCUT2D eigenvalue weighted by Crippen LogP contribution is 2.44. The number of aromatic nitrogens is 5. The standard InChI is InChI=1S/C47H36N6O2/c48-38-27-34(29-49-30-38)32-23-24-42-40(28-32)45(46-50-41-21-11-20-39(44(41)51-46)33-13-10-12-31(26-33)22-25-43(54)55)52-53(42)47(35-14-4-1-5-15-35,36-16-6-2-7-17-36)37-18-8-3-9-19-37/h1-21,23-24,26-30H,22,25,48H2,(H,50,51)(H,54,55). The first-order chi connectivity index (χ1) is 27.0. The molecular formula is C47H36N6O2. The van der Waals surface area contributed by atoms with Gasteiger partial charge in [-0.3, -0.25) is 9.78 Å². The van der Waals surface area contributed by atoms with Crippen molar-refractivity contribution < 1.29 is 9.90 Å². The number of hydrogen-bond acceptors (Lipinski definition) is 5. The molecule has 8 heteroatoms. The number of para-hydroxylation sites is 1. The van der Waals surface area contributed by atoms with Crippen LogP contribution >= 0.6 is 0 Å². The van der Waals surface area contributed by atoms with Crippen LogP contribution in [0.3, 0.4) is 0 Å². The Morgan fingerprint density at radius 3 is 2.02 bits per heavy atom. The highest BCUT2D eigenvalue weighted by Gasteiger charge is 2.41. The maximum atomic E-state index is 11.3. The Morgan fingerprint density at radius 2 is 1.36 bits per heavy atom. The van der Waals surface area contributed by atoms with Gasteiger partial charge in [0.15, 0.2) is 5.82 Å². The van der Waals surface area contributed by atoms with E-state index in [1.165, 1.54) is 0 Å². The van der Waals surface area contributed by atoms with Crippen molar-refractivity contribution in [3.63, 3.8) is 0 Å². The molecule has 4 N–H and O–H groups in total. The van der Waals surface area contributed by atoms with Crippen molar-refractivity contribution in [3.05, 3.63) is 192 Å². The van der Waals surface area contributed by atoms with Crippen molar-refractivity contribution in [2.45, 2.75) is 18.4 Å². The van der Waals surface area contributed by atoms with Gasteiger partial charge >= 0.3 is 5.97 Å². The lowest BCUT2D eigenvalue weighted by Crippen LogP contribution is -2.38. The number of aromatic amines is 1. The summed E-state index contributed by atoms with van der Waals surface area (Å²) in [6.45, 7) is 0. The Kier molecular flexibility index (Phi) is 8.48. The molecule has 0 aliphatic heterocycles. The number of hydrogen-bond donors (Lipinski definition) is 3. The van der Waals surface area contributed by atoms with Crippen LogP contribution in [0, 0.1) is 0 Å². The number of fused-ring (bicyclic) bond motifs is 2. The molecule has 0 fully saturated rings. The van der Waals surface area contributed by atoms with Gasteiger partial charge in [0.05, 0.1) is 22.2 Å². The number of carboxylic acid groups (broad SMARTS) is 1. The van der Waals surface area contributed by atoms with Gasteiger partial charge in [0, 0.05) is 35.3 Å². The average molecular weight is 717 g/mol. The zero-order valence-corrected chi connectivity index (χ0v) is 29.8. The van der Waals surface area contributed by atoms with Crippen LogP contribution in [0.2, 0.25) is 0 Å². The molecule has 0 aliphatic rings. The number of rotatable bonds is 10. The van der Waals surface area contributed by atoms with Crippen LogP contribution in [0.25, 0.3) is 55.7 Å².